The van der Waals surface area contributed by atoms with Crippen molar-refractivity contribution in [3.05, 3.63) is 35.4 Å². The zero-order valence-electron chi connectivity index (χ0n) is 27.0. The number of likely N-dealkylation sites (tertiary alicyclic amines) is 1. The fourth-order valence-corrected chi connectivity index (χ4v) is 8.15. The average molecular weight is 650 g/mol. The minimum absolute atomic E-state index is 0.0521. The summed E-state index contributed by atoms with van der Waals surface area (Å²) in [7, 11) is 3.83. The minimum atomic E-state index is -0.568. The van der Waals surface area contributed by atoms with Crippen LogP contribution in [0.1, 0.15) is 70.6 Å². The van der Waals surface area contributed by atoms with Crippen molar-refractivity contribution in [2.45, 2.75) is 81.9 Å². The maximum absolute atomic E-state index is 13.1. The Labute approximate surface area is 275 Å². The number of pyridine rings is 1. The summed E-state index contributed by atoms with van der Waals surface area (Å²) in [6, 6.07) is 7.68. The summed E-state index contributed by atoms with van der Waals surface area (Å²) in [5.74, 6) is 0.106. The molecule has 2 aromatic rings. The molecule has 2 heterocycles. The Morgan fingerprint density at radius 1 is 1.13 bits per heavy atom. The largest absolute Gasteiger partial charge is 0.383 e. The van der Waals surface area contributed by atoms with Gasteiger partial charge in [-0.15, -0.1) is 11.8 Å². The summed E-state index contributed by atoms with van der Waals surface area (Å²) < 4.78 is 0. The van der Waals surface area contributed by atoms with E-state index >= 15 is 0 Å². The molecule has 12 heteroatoms. The van der Waals surface area contributed by atoms with E-state index < -0.39 is 5.25 Å². The first kappa shape index (κ1) is 33.7. The fourth-order valence-electron chi connectivity index (χ4n) is 7.19. The van der Waals surface area contributed by atoms with Crippen LogP contribution in [0.5, 0.6) is 0 Å². The van der Waals surface area contributed by atoms with Crippen LogP contribution in [0.3, 0.4) is 0 Å². The molecule has 1 aromatic heterocycles. The van der Waals surface area contributed by atoms with E-state index in [0.717, 1.165) is 85.5 Å². The third kappa shape index (κ3) is 7.66. The maximum Gasteiger partial charge on any atom is 0.244 e. The molecule has 1 fully saturated rings. The van der Waals surface area contributed by atoms with Crippen molar-refractivity contribution in [2.75, 3.05) is 48.9 Å². The Kier molecular flexibility index (Phi) is 11.6. The van der Waals surface area contributed by atoms with Crippen molar-refractivity contribution in [1.29, 1.82) is 0 Å². The number of thioether (sulfide) groups is 1. The number of aldehydes is 1. The third-order valence-corrected chi connectivity index (χ3v) is 10.8. The van der Waals surface area contributed by atoms with E-state index in [1.54, 1.807) is 0 Å². The Hall–Kier alpha value is -3.64. The van der Waals surface area contributed by atoms with Gasteiger partial charge >= 0.3 is 0 Å². The predicted octanol–water partition coefficient (Wildman–Crippen LogP) is 4.18. The number of nitrogens with zero attached hydrogens (tertiary/aromatic N) is 3. The molecule has 3 unspecified atom stereocenters. The molecule has 3 amide bonds. The van der Waals surface area contributed by atoms with Gasteiger partial charge in [0.1, 0.15) is 17.8 Å². The van der Waals surface area contributed by atoms with Crippen LogP contribution >= 0.6 is 11.8 Å². The number of amides is 3. The third-order valence-electron chi connectivity index (χ3n) is 9.58. The maximum atomic E-state index is 13.1. The second-order valence-corrected chi connectivity index (χ2v) is 13.8. The molecule has 5 rings (SSSR count). The quantitative estimate of drug-likeness (QED) is 0.108. The molecular weight excluding hydrogens is 602 g/mol. The molecule has 248 valence electrons. The molecule has 3 aliphatic rings. The molecule has 1 aliphatic heterocycles. The van der Waals surface area contributed by atoms with Gasteiger partial charge in [-0.3, -0.25) is 29.5 Å². The number of unbranched alkanes of at least 4 members (excludes halogenated alkanes) is 1. The van der Waals surface area contributed by atoms with Gasteiger partial charge in [-0.05, 0) is 63.4 Å². The van der Waals surface area contributed by atoms with Crippen LogP contribution < -0.4 is 26.8 Å². The van der Waals surface area contributed by atoms with Crippen molar-refractivity contribution in [3.63, 3.8) is 0 Å². The number of fused-ring (bicyclic) bond motifs is 3. The number of nitrogens with one attached hydrogen (secondary N) is 3. The SMILES string of the molecule is CNc1c(N)nc2ccccc2c1N(C)CCCCN1C(=O)CC(SCC(=O)NNC2C(C=O)=C3CCCCCC2CCC3)C1=O. The molecule has 1 saturated heterocycles. The van der Waals surface area contributed by atoms with Gasteiger partial charge in [-0.1, -0.05) is 36.6 Å². The Bertz CT molecular complexity index is 1480. The van der Waals surface area contributed by atoms with E-state index in [1.807, 2.05) is 38.4 Å². The van der Waals surface area contributed by atoms with Gasteiger partial charge in [0.15, 0.2) is 0 Å². The van der Waals surface area contributed by atoms with E-state index in [2.05, 4.69) is 26.1 Å². The summed E-state index contributed by atoms with van der Waals surface area (Å²) in [6.45, 7) is 1.05. The summed E-state index contributed by atoms with van der Waals surface area (Å²) in [5.41, 5.74) is 16.8. The van der Waals surface area contributed by atoms with Crippen molar-refractivity contribution in [2.24, 2.45) is 5.92 Å². The number of rotatable bonds is 13. The van der Waals surface area contributed by atoms with Crippen molar-refractivity contribution in [3.8, 4) is 0 Å². The molecule has 3 atom stereocenters. The summed E-state index contributed by atoms with van der Waals surface area (Å²) >= 11 is 1.20. The van der Waals surface area contributed by atoms with Crippen LogP contribution in [0.2, 0.25) is 0 Å². The number of anilines is 3. The van der Waals surface area contributed by atoms with Crippen LogP contribution in [-0.2, 0) is 19.2 Å². The number of nitrogens with two attached hydrogens (primary N) is 1. The lowest BCUT2D eigenvalue weighted by atomic mass is 9.88. The van der Waals surface area contributed by atoms with E-state index in [-0.39, 0.29) is 35.9 Å². The van der Waals surface area contributed by atoms with E-state index in [1.165, 1.54) is 28.7 Å². The lowest BCUT2D eigenvalue weighted by Gasteiger charge is -2.27. The Morgan fingerprint density at radius 3 is 2.72 bits per heavy atom. The second-order valence-electron chi connectivity index (χ2n) is 12.6. The number of carbonyl (C=O) groups excluding carboxylic acids is 4. The van der Waals surface area contributed by atoms with Gasteiger partial charge in [0.25, 0.3) is 0 Å². The zero-order valence-corrected chi connectivity index (χ0v) is 27.8. The van der Waals surface area contributed by atoms with Crippen LogP contribution in [0, 0.1) is 5.92 Å². The normalized spacial score (nSPS) is 22.0. The number of hydrogen-bond acceptors (Lipinski definition) is 10. The van der Waals surface area contributed by atoms with Gasteiger partial charge < -0.3 is 16.0 Å². The van der Waals surface area contributed by atoms with E-state index in [4.69, 9.17) is 5.73 Å². The number of benzene rings is 1. The number of aromatic nitrogens is 1. The number of allylic oxidation sites excluding steroid dienone is 1. The fraction of sp³-hybridized carbons (Fsp3) is 0.559. The summed E-state index contributed by atoms with van der Waals surface area (Å²) in [4.78, 5) is 58.8. The smallest absolute Gasteiger partial charge is 0.244 e. The highest BCUT2D eigenvalue weighted by Crippen LogP contribution is 2.37. The van der Waals surface area contributed by atoms with Gasteiger partial charge in [0.2, 0.25) is 17.7 Å². The molecule has 11 nitrogen and oxygen atoms in total. The standard InChI is InChI=1S/C34H47N7O4S/c1-36-31-32(24-15-6-7-16-26(24)37-33(31)35)40(2)17-8-9-18-41-29(44)19-27(34(41)45)46-21-28(43)38-39-30-23-12-5-3-4-11-22(13-10-14-23)25(30)20-42/h6-7,15-16,20,23,27,30,36,39H,3-5,8-14,17-19,21H2,1-2H3,(H2,35,37)(H,38,43). The number of hydrogen-bond donors (Lipinski definition) is 4. The van der Waals surface area contributed by atoms with Crippen LogP contribution in [0.25, 0.3) is 10.9 Å². The molecule has 2 aliphatic carbocycles. The molecular formula is C34H47N7O4S. The first-order valence-electron chi connectivity index (χ1n) is 16.6. The molecule has 1 aromatic carbocycles. The van der Waals surface area contributed by atoms with Crippen LogP contribution in [-0.4, -0.2) is 78.1 Å². The molecule has 5 N–H and O–H groups in total. The minimum Gasteiger partial charge on any atom is -0.383 e. The summed E-state index contributed by atoms with van der Waals surface area (Å²) in [6.07, 6.45) is 10.9. The topological polar surface area (TPSA) is 150 Å². The monoisotopic (exact) mass is 649 g/mol. The first-order valence-corrected chi connectivity index (χ1v) is 17.6. The first-order chi connectivity index (χ1) is 22.3. The second kappa shape index (κ2) is 15.8. The van der Waals surface area contributed by atoms with Crippen LogP contribution in [0.4, 0.5) is 17.2 Å². The molecule has 46 heavy (non-hydrogen) atoms. The van der Waals surface area contributed by atoms with Crippen LogP contribution in [0.15, 0.2) is 35.4 Å². The van der Waals surface area contributed by atoms with Crippen molar-refractivity contribution in [1.82, 2.24) is 20.7 Å². The van der Waals surface area contributed by atoms with E-state index in [9.17, 15) is 19.2 Å². The number of hydrazine groups is 1. The predicted molar refractivity (Wildman–Crippen MR) is 184 cm³/mol. The highest BCUT2D eigenvalue weighted by molar-refractivity contribution is 8.01. The molecule has 0 saturated carbocycles. The van der Waals surface area contributed by atoms with Gasteiger partial charge in [-0.25, -0.2) is 10.4 Å². The zero-order chi connectivity index (χ0) is 32.6. The highest BCUT2D eigenvalue weighted by Gasteiger charge is 2.39. The molecule has 0 radical (unpaired) electrons. The average Bonchev–Trinajstić information content (AvgIpc) is 3.26. The number of imide groups is 1. The highest BCUT2D eigenvalue weighted by atomic mass is 32.2. The molecule has 2 bridgehead atoms. The number of nitrogen functional groups attached to an aromatic ring is 1. The van der Waals surface area contributed by atoms with E-state index in [0.29, 0.717) is 31.2 Å². The lowest BCUT2D eigenvalue weighted by Crippen LogP contribution is -2.49. The van der Waals surface area contributed by atoms with Gasteiger partial charge in [-0.2, -0.15) is 0 Å². The Morgan fingerprint density at radius 2 is 1.91 bits per heavy atom. The lowest BCUT2D eigenvalue weighted by molar-refractivity contribution is -0.138. The Balaban J connectivity index is 1.09. The van der Waals surface area contributed by atoms with Gasteiger partial charge in [0, 0.05) is 44.6 Å². The van der Waals surface area contributed by atoms with Gasteiger partial charge in [0.05, 0.1) is 28.2 Å². The van der Waals surface area contributed by atoms with Crippen molar-refractivity contribution < 1.29 is 19.2 Å². The number of para-hydroxylation sites is 1. The number of carbonyl (C=O) groups is 4. The molecule has 0 spiro atoms. The summed E-state index contributed by atoms with van der Waals surface area (Å²) in [5, 5.41) is 3.61. The van der Waals surface area contributed by atoms with Crippen molar-refractivity contribution >= 4 is 63.9 Å².